The Hall–Kier alpha value is -2.55. The Bertz CT molecular complexity index is 623. The molecule has 0 aromatic heterocycles. The largest absolute Gasteiger partial charge is 0.377 e. The minimum absolute atomic E-state index is 0.175. The number of nitrogens with zero attached hydrogens (tertiary/aromatic N) is 4. The minimum atomic E-state index is -0.257. The van der Waals surface area contributed by atoms with Crippen LogP contribution in [0.5, 0.6) is 0 Å². The first-order chi connectivity index (χ1) is 11.6. The van der Waals surface area contributed by atoms with Gasteiger partial charge in [-0.05, 0) is 38.1 Å². The molecule has 0 saturated carbocycles. The normalized spacial score (nSPS) is 15.2. The third-order valence-electron chi connectivity index (χ3n) is 4.23. The van der Waals surface area contributed by atoms with Gasteiger partial charge in [-0.1, -0.05) is 0 Å². The predicted molar refractivity (Wildman–Crippen MR) is 91.8 cm³/mol. The molecule has 1 aliphatic heterocycles. The topological polar surface area (TPSA) is 50.6 Å². The standard InChI is InChI=1S/C18H23FN4O/c1-3-21(4-2)14-15(13-20)18(24)23-11-9-22(10-12-23)17-7-5-16(19)6-8-17/h5-8,14H,3-4,9-12H2,1-2H3/b15-14-. The molecule has 0 N–H and O–H groups in total. The zero-order valence-electron chi connectivity index (χ0n) is 14.2. The van der Waals surface area contributed by atoms with Crippen LogP contribution in [-0.2, 0) is 4.79 Å². The molecule has 0 radical (unpaired) electrons. The average molecular weight is 330 g/mol. The van der Waals surface area contributed by atoms with Crippen molar-refractivity contribution in [2.45, 2.75) is 13.8 Å². The van der Waals surface area contributed by atoms with Crippen LogP contribution in [0.3, 0.4) is 0 Å². The van der Waals surface area contributed by atoms with Crippen molar-refractivity contribution in [1.29, 1.82) is 5.26 Å². The van der Waals surface area contributed by atoms with E-state index in [1.165, 1.54) is 12.1 Å². The number of nitriles is 1. The molecule has 1 amide bonds. The van der Waals surface area contributed by atoms with Gasteiger partial charge >= 0.3 is 0 Å². The van der Waals surface area contributed by atoms with E-state index >= 15 is 0 Å². The Labute approximate surface area is 142 Å². The predicted octanol–water partition coefficient (Wildman–Crippen LogP) is 2.22. The second kappa shape index (κ2) is 8.34. The highest BCUT2D eigenvalue weighted by molar-refractivity contribution is 5.97. The fraction of sp³-hybridized carbons (Fsp3) is 0.444. The van der Waals surface area contributed by atoms with Crippen molar-refractivity contribution in [3.63, 3.8) is 0 Å². The molecule has 24 heavy (non-hydrogen) atoms. The number of benzene rings is 1. The van der Waals surface area contributed by atoms with E-state index in [9.17, 15) is 14.4 Å². The Morgan fingerprint density at radius 3 is 2.29 bits per heavy atom. The van der Waals surface area contributed by atoms with Gasteiger partial charge < -0.3 is 14.7 Å². The van der Waals surface area contributed by atoms with Gasteiger partial charge in [0.05, 0.1) is 0 Å². The molecule has 0 spiro atoms. The van der Waals surface area contributed by atoms with Crippen LogP contribution in [0.2, 0.25) is 0 Å². The van der Waals surface area contributed by atoms with Gasteiger partial charge in [-0.3, -0.25) is 4.79 Å². The van der Waals surface area contributed by atoms with E-state index in [0.717, 1.165) is 18.8 Å². The van der Waals surface area contributed by atoms with E-state index in [-0.39, 0.29) is 17.3 Å². The van der Waals surface area contributed by atoms with E-state index < -0.39 is 0 Å². The van der Waals surface area contributed by atoms with E-state index in [0.29, 0.717) is 26.2 Å². The first-order valence-electron chi connectivity index (χ1n) is 8.24. The number of halogens is 1. The number of hydrogen-bond acceptors (Lipinski definition) is 4. The molecule has 6 heteroatoms. The molecule has 0 aliphatic carbocycles. The van der Waals surface area contributed by atoms with Crippen LogP contribution in [0.25, 0.3) is 0 Å². The van der Waals surface area contributed by atoms with E-state index in [1.54, 1.807) is 23.2 Å². The number of hydrogen-bond donors (Lipinski definition) is 0. The molecule has 1 aliphatic rings. The summed E-state index contributed by atoms with van der Waals surface area (Å²) < 4.78 is 13.0. The first kappa shape index (κ1) is 17.8. The third-order valence-corrected chi connectivity index (χ3v) is 4.23. The van der Waals surface area contributed by atoms with Gasteiger partial charge in [0.25, 0.3) is 5.91 Å². The summed E-state index contributed by atoms with van der Waals surface area (Å²) in [5, 5.41) is 9.28. The van der Waals surface area contributed by atoms with Crippen molar-refractivity contribution >= 4 is 11.6 Å². The highest BCUT2D eigenvalue weighted by Gasteiger charge is 2.24. The Morgan fingerprint density at radius 2 is 1.79 bits per heavy atom. The summed E-state index contributed by atoms with van der Waals surface area (Å²) in [6, 6.07) is 8.38. The summed E-state index contributed by atoms with van der Waals surface area (Å²) >= 11 is 0. The highest BCUT2D eigenvalue weighted by atomic mass is 19.1. The fourth-order valence-electron chi connectivity index (χ4n) is 2.71. The fourth-order valence-corrected chi connectivity index (χ4v) is 2.71. The van der Waals surface area contributed by atoms with Crippen LogP contribution < -0.4 is 4.90 Å². The Kier molecular flexibility index (Phi) is 6.19. The third kappa shape index (κ3) is 4.25. The van der Waals surface area contributed by atoms with Crippen molar-refractivity contribution in [2.24, 2.45) is 0 Å². The quantitative estimate of drug-likeness (QED) is 0.614. The van der Waals surface area contributed by atoms with E-state index in [1.807, 2.05) is 24.8 Å². The molecule has 1 heterocycles. The van der Waals surface area contributed by atoms with Gasteiger partial charge in [-0.25, -0.2) is 4.39 Å². The van der Waals surface area contributed by atoms with Crippen LogP contribution in [0.4, 0.5) is 10.1 Å². The summed E-state index contributed by atoms with van der Waals surface area (Å²) in [6.45, 7) is 7.92. The molecule has 0 unspecified atom stereocenters. The van der Waals surface area contributed by atoms with Crippen LogP contribution in [0, 0.1) is 17.1 Å². The van der Waals surface area contributed by atoms with Crippen LogP contribution in [-0.4, -0.2) is 55.0 Å². The second-order valence-corrected chi connectivity index (χ2v) is 5.63. The van der Waals surface area contributed by atoms with Gasteiger partial charge in [0.1, 0.15) is 17.5 Å². The summed E-state index contributed by atoms with van der Waals surface area (Å²) in [7, 11) is 0. The lowest BCUT2D eigenvalue weighted by Gasteiger charge is -2.36. The first-order valence-corrected chi connectivity index (χ1v) is 8.24. The maximum Gasteiger partial charge on any atom is 0.266 e. The molecule has 1 aromatic carbocycles. The molecule has 1 saturated heterocycles. The lowest BCUT2D eigenvalue weighted by Crippen LogP contribution is -2.49. The van der Waals surface area contributed by atoms with E-state index in [2.05, 4.69) is 4.90 Å². The van der Waals surface area contributed by atoms with Crippen LogP contribution >= 0.6 is 0 Å². The summed E-state index contributed by atoms with van der Waals surface area (Å²) in [4.78, 5) is 18.3. The molecule has 1 aromatic rings. The smallest absolute Gasteiger partial charge is 0.266 e. The monoisotopic (exact) mass is 330 g/mol. The van der Waals surface area contributed by atoms with Gasteiger partial charge in [0.15, 0.2) is 0 Å². The summed E-state index contributed by atoms with van der Waals surface area (Å²) in [5.74, 6) is -0.476. The maximum atomic E-state index is 13.0. The maximum absolute atomic E-state index is 13.0. The number of carbonyl (C=O) groups is 1. The molecule has 0 atom stereocenters. The Balaban J connectivity index is 1.99. The Morgan fingerprint density at radius 1 is 1.21 bits per heavy atom. The highest BCUT2D eigenvalue weighted by Crippen LogP contribution is 2.17. The number of anilines is 1. The molecule has 0 bridgehead atoms. The number of rotatable bonds is 5. The van der Waals surface area contributed by atoms with Gasteiger partial charge in [-0.15, -0.1) is 0 Å². The number of piperazine rings is 1. The lowest BCUT2D eigenvalue weighted by molar-refractivity contribution is -0.127. The second-order valence-electron chi connectivity index (χ2n) is 5.63. The SMILES string of the molecule is CCN(/C=C(/C#N)C(=O)N1CCN(c2ccc(F)cc2)CC1)CC. The van der Waals surface area contributed by atoms with Crippen molar-refractivity contribution in [2.75, 3.05) is 44.2 Å². The van der Waals surface area contributed by atoms with Gasteiger partial charge in [0, 0.05) is 51.2 Å². The minimum Gasteiger partial charge on any atom is -0.377 e. The summed E-state index contributed by atoms with van der Waals surface area (Å²) in [6.07, 6.45) is 1.65. The van der Waals surface area contributed by atoms with E-state index in [4.69, 9.17) is 0 Å². The van der Waals surface area contributed by atoms with Crippen molar-refractivity contribution < 1.29 is 9.18 Å². The molecular weight excluding hydrogens is 307 g/mol. The molecule has 2 rings (SSSR count). The molecule has 5 nitrogen and oxygen atoms in total. The zero-order chi connectivity index (χ0) is 17.5. The van der Waals surface area contributed by atoms with Crippen molar-refractivity contribution in [1.82, 2.24) is 9.80 Å². The summed E-state index contributed by atoms with van der Waals surface area (Å²) in [5.41, 5.74) is 1.12. The molecular formula is C18H23FN4O. The molecule has 1 fully saturated rings. The zero-order valence-corrected chi connectivity index (χ0v) is 14.2. The molecule has 128 valence electrons. The van der Waals surface area contributed by atoms with Gasteiger partial charge in [-0.2, -0.15) is 5.26 Å². The lowest BCUT2D eigenvalue weighted by atomic mass is 10.2. The van der Waals surface area contributed by atoms with Gasteiger partial charge in [0.2, 0.25) is 0 Å². The number of amides is 1. The van der Waals surface area contributed by atoms with Crippen molar-refractivity contribution in [3.8, 4) is 6.07 Å². The number of carbonyl (C=O) groups excluding carboxylic acids is 1. The van der Waals surface area contributed by atoms with Crippen molar-refractivity contribution in [3.05, 3.63) is 41.9 Å². The average Bonchev–Trinajstić information content (AvgIpc) is 2.63. The van der Waals surface area contributed by atoms with Crippen LogP contribution in [0.15, 0.2) is 36.0 Å². The van der Waals surface area contributed by atoms with Crippen LogP contribution in [0.1, 0.15) is 13.8 Å².